The van der Waals surface area contributed by atoms with E-state index in [-0.39, 0.29) is 31.9 Å². The molecule has 0 aliphatic carbocycles. The van der Waals surface area contributed by atoms with Crippen molar-refractivity contribution in [2.75, 3.05) is 4.72 Å². The highest BCUT2D eigenvalue weighted by atomic mass is 35.5. The summed E-state index contributed by atoms with van der Waals surface area (Å²) in [6, 6.07) is 10.7. The van der Waals surface area contributed by atoms with Gasteiger partial charge in [0.15, 0.2) is 0 Å². The van der Waals surface area contributed by atoms with Crippen LogP contribution in [0.15, 0.2) is 59.6 Å². The molecular formula is C19H13Cl2FN2O4S. The fourth-order valence-corrected chi connectivity index (χ4v) is 4.37. The summed E-state index contributed by atoms with van der Waals surface area (Å²) in [5, 5.41) is 9.45. The van der Waals surface area contributed by atoms with Gasteiger partial charge in [0.2, 0.25) is 5.78 Å². The van der Waals surface area contributed by atoms with Gasteiger partial charge in [-0.1, -0.05) is 47.5 Å². The Labute approximate surface area is 176 Å². The van der Waals surface area contributed by atoms with Gasteiger partial charge in [0, 0.05) is 6.20 Å². The predicted molar refractivity (Wildman–Crippen MR) is 107 cm³/mol. The van der Waals surface area contributed by atoms with E-state index in [1.54, 1.807) is 6.07 Å². The molecule has 0 unspecified atom stereocenters. The monoisotopic (exact) mass is 454 g/mol. The average Bonchev–Trinajstić information content (AvgIpc) is 2.67. The molecule has 10 heteroatoms. The van der Waals surface area contributed by atoms with E-state index in [0.29, 0.717) is 0 Å². The fraction of sp³-hybridized carbons (Fsp3) is 0.0526. The van der Waals surface area contributed by atoms with Gasteiger partial charge >= 0.3 is 0 Å². The number of aliphatic hydroxyl groups is 1. The number of nitrogens with zero attached hydrogens (tertiary/aromatic N) is 1. The van der Waals surface area contributed by atoms with Gasteiger partial charge in [-0.15, -0.1) is 0 Å². The molecule has 0 aliphatic heterocycles. The minimum absolute atomic E-state index is 0.0282. The molecule has 29 heavy (non-hydrogen) atoms. The first-order valence-corrected chi connectivity index (χ1v) is 10.3. The van der Waals surface area contributed by atoms with Gasteiger partial charge in [0.25, 0.3) is 10.0 Å². The van der Waals surface area contributed by atoms with Crippen molar-refractivity contribution in [2.45, 2.75) is 11.5 Å². The highest BCUT2D eigenvalue weighted by molar-refractivity contribution is 7.92. The summed E-state index contributed by atoms with van der Waals surface area (Å²) in [5.74, 6) is -1.79. The first-order chi connectivity index (χ1) is 13.7. The minimum atomic E-state index is -4.20. The Kier molecular flexibility index (Phi) is 6.18. The summed E-state index contributed by atoms with van der Waals surface area (Å²) >= 11 is 11.9. The van der Waals surface area contributed by atoms with Crippen molar-refractivity contribution >= 4 is 44.7 Å². The number of carbonyl (C=O) groups is 1. The van der Waals surface area contributed by atoms with Gasteiger partial charge < -0.3 is 5.11 Å². The maximum Gasteiger partial charge on any atom is 0.263 e. The standard InChI is InChI=1S/C19H13Cl2FN2O4S/c20-12-8-15(24-29(27,28)16-7-2-1-5-13(16)21)18(23-9-12)19(26)17-11(10-25)4-3-6-14(17)22/h1-9,24-25H,10H2. The Morgan fingerprint density at radius 1 is 1.14 bits per heavy atom. The topological polar surface area (TPSA) is 96.4 Å². The van der Waals surface area contributed by atoms with E-state index >= 15 is 0 Å². The van der Waals surface area contributed by atoms with E-state index in [9.17, 15) is 22.7 Å². The highest BCUT2D eigenvalue weighted by Crippen LogP contribution is 2.28. The number of nitrogens with one attached hydrogen (secondary N) is 1. The Morgan fingerprint density at radius 3 is 2.55 bits per heavy atom. The molecule has 6 nitrogen and oxygen atoms in total. The molecule has 3 aromatic rings. The number of carbonyl (C=O) groups excluding carboxylic acids is 1. The van der Waals surface area contributed by atoms with Crippen LogP contribution in [0.2, 0.25) is 10.0 Å². The van der Waals surface area contributed by atoms with Crippen molar-refractivity contribution in [1.82, 2.24) is 4.98 Å². The number of sulfonamides is 1. The molecule has 150 valence electrons. The number of rotatable bonds is 6. The lowest BCUT2D eigenvalue weighted by Crippen LogP contribution is -2.18. The molecule has 2 aromatic carbocycles. The van der Waals surface area contributed by atoms with Gasteiger partial charge in [0.1, 0.15) is 16.4 Å². The number of benzene rings is 2. The molecule has 0 amide bonds. The third kappa shape index (κ3) is 4.40. The van der Waals surface area contributed by atoms with E-state index in [1.807, 2.05) is 0 Å². The molecule has 0 saturated carbocycles. The predicted octanol–water partition coefficient (Wildman–Crippen LogP) is 4.05. The Balaban J connectivity index is 2.11. The summed E-state index contributed by atoms with van der Waals surface area (Å²) in [6.07, 6.45) is 1.13. The number of aromatic nitrogens is 1. The van der Waals surface area contributed by atoms with E-state index in [1.165, 1.54) is 36.4 Å². The van der Waals surface area contributed by atoms with Crippen LogP contribution in [0.3, 0.4) is 0 Å². The number of pyridine rings is 1. The van der Waals surface area contributed by atoms with E-state index in [2.05, 4.69) is 9.71 Å². The molecule has 1 aromatic heterocycles. The summed E-state index contributed by atoms with van der Waals surface area (Å²) in [5.41, 5.74) is -1.02. The molecule has 0 atom stereocenters. The maximum atomic E-state index is 14.3. The Bertz CT molecular complexity index is 1200. The summed E-state index contributed by atoms with van der Waals surface area (Å²) in [4.78, 5) is 16.6. The number of aliphatic hydroxyl groups excluding tert-OH is 1. The van der Waals surface area contributed by atoms with E-state index < -0.39 is 33.8 Å². The number of hydrogen-bond acceptors (Lipinski definition) is 5. The summed E-state index contributed by atoms with van der Waals surface area (Å²) in [7, 11) is -4.20. The largest absolute Gasteiger partial charge is 0.392 e. The second-order valence-corrected chi connectivity index (χ2v) is 8.34. The summed E-state index contributed by atoms with van der Waals surface area (Å²) in [6.45, 7) is -0.590. The number of anilines is 1. The van der Waals surface area contributed by atoms with Crippen LogP contribution in [-0.2, 0) is 16.6 Å². The van der Waals surface area contributed by atoms with Crippen molar-refractivity contribution in [2.24, 2.45) is 0 Å². The van der Waals surface area contributed by atoms with Crippen molar-refractivity contribution in [3.05, 3.63) is 87.4 Å². The molecule has 3 rings (SSSR count). The molecule has 0 spiro atoms. The maximum absolute atomic E-state index is 14.3. The second-order valence-electron chi connectivity index (χ2n) is 5.85. The van der Waals surface area contributed by atoms with Crippen LogP contribution >= 0.6 is 23.2 Å². The van der Waals surface area contributed by atoms with Crippen LogP contribution in [-0.4, -0.2) is 24.3 Å². The zero-order valence-corrected chi connectivity index (χ0v) is 16.9. The van der Waals surface area contributed by atoms with Crippen LogP contribution in [0.1, 0.15) is 21.6 Å². The minimum Gasteiger partial charge on any atom is -0.392 e. The molecule has 0 radical (unpaired) electrons. The molecule has 0 saturated heterocycles. The number of halogens is 3. The van der Waals surface area contributed by atoms with Gasteiger partial charge in [-0.2, -0.15) is 0 Å². The van der Waals surface area contributed by atoms with Crippen LogP contribution in [0.25, 0.3) is 0 Å². The lowest BCUT2D eigenvalue weighted by Gasteiger charge is -2.14. The first-order valence-electron chi connectivity index (χ1n) is 8.10. The zero-order chi connectivity index (χ0) is 21.2. The lowest BCUT2D eigenvalue weighted by molar-refractivity contribution is 0.102. The molecular weight excluding hydrogens is 442 g/mol. The lowest BCUT2D eigenvalue weighted by atomic mass is 10.0. The van der Waals surface area contributed by atoms with Crippen molar-refractivity contribution in [3.8, 4) is 0 Å². The molecule has 0 aliphatic rings. The molecule has 0 bridgehead atoms. The quantitative estimate of drug-likeness (QED) is 0.547. The number of hydrogen-bond donors (Lipinski definition) is 2. The first kappa shape index (κ1) is 21.2. The SMILES string of the molecule is O=C(c1ncc(Cl)cc1NS(=O)(=O)c1ccccc1Cl)c1c(F)cccc1CO. The van der Waals surface area contributed by atoms with Crippen LogP contribution in [0, 0.1) is 5.82 Å². The Morgan fingerprint density at radius 2 is 1.86 bits per heavy atom. The normalized spacial score (nSPS) is 11.3. The van der Waals surface area contributed by atoms with Crippen LogP contribution in [0.4, 0.5) is 10.1 Å². The summed E-state index contributed by atoms with van der Waals surface area (Å²) < 4.78 is 42.0. The highest BCUT2D eigenvalue weighted by Gasteiger charge is 2.25. The van der Waals surface area contributed by atoms with Gasteiger partial charge in [0.05, 0.1) is 27.9 Å². The van der Waals surface area contributed by atoms with Gasteiger partial charge in [-0.25, -0.2) is 17.8 Å². The van der Waals surface area contributed by atoms with Crippen molar-refractivity contribution in [1.29, 1.82) is 0 Å². The smallest absolute Gasteiger partial charge is 0.263 e. The van der Waals surface area contributed by atoms with Gasteiger partial charge in [-0.3, -0.25) is 9.52 Å². The van der Waals surface area contributed by atoms with Gasteiger partial charge in [-0.05, 0) is 29.8 Å². The van der Waals surface area contributed by atoms with Crippen LogP contribution < -0.4 is 4.72 Å². The number of ketones is 1. The third-order valence-electron chi connectivity index (χ3n) is 3.94. The Hall–Kier alpha value is -2.52. The van der Waals surface area contributed by atoms with E-state index in [0.717, 1.165) is 12.3 Å². The average molecular weight is 455 g/mol. The third-order valence-corrected chi connectivity index (χ3v) is 6.01. The molecule has 2 N–H and O–H groups in total. The fourth-order valence-electron chi connectivity index (χ4n) is 2.63. The van der Waals surface area contributed by atoms with Crippen molar-refractivity contribution < 1.29 is 22.7 Å². The second kappa shape index (κ2) is 8.46. The van der Waals surface area contributed by atoms with E-state index in [4.69, 9.17) is 23.2 Å². The molecule has 1 heterocycles. The molecule has 0 fully saturated rings. The van der Waals surface area contributed by atoms with Crippen molar-refractivity contribution in [3.63, 3.8) is 0 Å². The van der Waals surface area contributed by atoms with Crippen LogP contribution in [0.5, 0.6) is 0 Å². The zero-order valence-electron chi connectivity index (χ0n) is 14.6.